The number of aromatic hydroxyl groups is 1. The van der Waals surface area contributed by atoms with E-state index >= 15 is 0 Å². The lowest BCUT2D eigenvalue weighted by molar-refractivity contribution is -0.118. The first-order chi connectivity index (χ1) is 9.36. The standard InChI is InChI=1S/C14H19BO5/c1-3-12(17)8-11(15(19)20)7-10-5-4-6-13(9(2)16)14(10)18/h4-6,11,18-20H,3,7-8H2,1-2H3. The molecule has 0 aliphatic heterocycles. The third-order valence-electron chi connectivity index (χ3n) is 3.29. The molecule has 5 nitrogen and oxygen atoms in total. The molecule has 20 heavy (non-hydrogen) atoms. The van der Waals surface area contributed by atoms with Crippen molar-refractivity contribution in [1.82, 2.24) is 0 Å². The summed E-state index contributed by atoms with van der Waals surface area (Å²) in [6.07, 6.45) is 0.469. The summed E-state index contributed by atoms with van der Waals surface area (Å²) >= 11 is 0. The van der Waals surface area contributed by atoms with Crippen LogP contribution >= 0.6 is 0 Å². The molecule has 108 valence electrons. The van der Waals surface area contributed by atoms with E-state index in [1.165, 1.54) is 13.0 Å². The van der Waals surface area contributed by atoms with Gasteiger partial charge >= 0.3 is 7.12 Å². The summed E-state index contributed by atoms with van der Waals surface area (Å²) in [5.41, 5.74) is 0.621. The molecule has 1 atom stereocenters. The Morgan fingerprint density at radius 3 is 2.45 bits per heavy atom. The van der Waals surface area contributed by atoms with Gasteiger partial charge in [-0.15, -0.1) is 0 Å². The van der Waals surface area contributed by atoms with Crippen molar-refractivity contribution in [2.45, 2.75) is 38.9 Å². The molecule has 6 heteroatoms. The van der Waals surface area contributed by atoms with E-state index < -0.39 is 12.9 Å². The molecule has 1 rings (SSSR count). The molecule has 0 aromatic heterocycles. The number of hydrogen-bond acceptors (Lipinski definition) is 5. The van der Waals surface area contributed by atoms with Crippen LogP contribution in [0.3, 0.4) is 0 Å². The Bertz CT molecular complexity index is 498. The van der Waals surface area contributed by atoms with Crippen LogP contribution in [-0.2, 0) is 11.2 Å². The van der Waals surface area contributed by atoms with Crippen molar-refractivity contribution < 1.29 is 24.7 Å². The van der Waals surface area contributed by atoms with Gasteiger partial charge in [-0.05, 0) is 25.0 Å². The lowest BCUT2D eigenvalue weighted by atomic mass is 9.67. The van der Waals surface area contributed by atoms with Gasteiger partial charge in [0.2, 0.25) is 0 Å². The molecule has 0 amide bonds. The molecule has 0 aliphatic carbocycles. The van der Waals surface area contributed by atoms with E-state index in [2.05, 4.69) is 0 Å². The predicted molar refractivity (Wildman–Crippen MR) is 75.7 cm³/mol. The molecule has 1 aromatic rings. The molecule has 0 saturated carbocycles. The SMILES string of the molecule is CCC(=O)CC(Cc1cccc(C(C)=O)c1O)B(O)O. The van der Waals surface area contributed by atoms with E-state index in [4.69, 9.17) is 0 Å². The maximum absolute atomic E-state index is 11.4. The van der Waals surface area contributed by atoms with Crippen LogP contribution in [0, 0.1) is 0 Å². The molecular formula is C14H19BO5. The fraction of sp³-hybridized carbons (Fsp3) is 0.429. The zero-order chi connectivity index (χ0) is 15.3. The predicted octanol–water partition coefficient (Wildman–Crippen LogP) is 1.35. The zero-order valence-corrected chi connectivity index (χ0v) is 11.7. The first kappa shape index (κ1) is 16.4. The molecule has 1 unspecified atom stereocenters. The van der Waals surface area contributed by atoms with Crippen molar-refractivity contribution in [2.24, 2.45) is 0 Å². The molecule has 0 fully saturated rings. The van der Waals surface area contributed by atoms with Crippen LogP contribution < -0.4 is 0 Å². The Morgan fingerprint density at radius 1 is 1.30 bits per heavy atom. The fourth-order valence-corrected chi connectivity index (χ4v) is 2.04. The highest BCUT2D eigenvalue weighted by molar-refractivity contribution is 6.43. The van der Waals surface area contributed by atoms with Crippen molar-refractivity contribution in [3.05, 3.63) is 29.3 Å². The minimum atomic E-state index is -1.65. The highest BCUT2D eigenvalue weighted by Crippen LogP contribution is 2.29. The largest absolute Gasteiger partial charge is 0.507 e. The highest BCUT2D eigenvalue weighted by Gasteiger charge is 2.27. The summed E-state index contributed by atoms with van der Waals surface area (Å²) in [6.45, 7) is 3.05. The first-order valence-electron chi connectivity index (χ1n) is 6.56. The lowest BCUT2D eigenvalue weighted by Gasteiger charge is -2.16. The molecule has 1 aromatic carbocycles. The lowest BCUT2D eigenvalue weighted by Crippen LogP contribution is -2.24. The number of para-hydroxylation sites is 1. The van der Waals surface area contributed by atoms with Gasteiger partial charge in [0.25, 0.3) is 0 Å². The first-order valence-corrected chi connectivity index (χ1v) is 6.56. The maximum Gasteiger partial charge on any atom is 0.455 e. The summed E-state index contributed by atoms with van der Waals surface area (Å²) < 4.78 is 0. The van der Waals surface area contributed by atoms with Gasteiger partial charge in [-0.1, -0.05) is 19.1 Å². The van der Waals surface area contributed by atoms with E-state index in [-0.39, 0.29) is 35.7 Å². The molecule has 0 spiro atoms. The van der Waals surface area contributed by atoms with Crippen molar-refractivity contribution >= 4 is 18.7 Å². The Kier molecular flexibility index (Phi) is 5.92. The molecular weight excluding hydrogens is 259 g/mol. The van der Waals surface area contributed by atoms with Gasteiger partial charge < -0.3 is 15.2 Å². The average Bonchev–Trinajstić information content (AvgIpc) is 2.39. The second-order valence-electron chi connectivity index (χ2n) is 4.84. The molecule has 3 N–H and O–H groups in total. The van der Waals surface area contributed by atoms with Crippen molar-refractivity contribution in [3.63, 3.8) is 0 Å². The number of benzene rings is 1. The topological polar surface area (TPSA) is 94.8 Å². The van der Waals surface area contributed by atoms with Gasteiger partial charge in [-0.2, -0.15) is 0 Å². The van der Waals surface area contributed by atoms with Crippen LogP contribution in [0.4, 0.5) is 0 Å². The molecule has 0 radical (unpaired) electrons. The summed E-state index contributed by atoms with van der Waals surface area (Å²) in [4.78, 5) is 22.8. The van der Waals surface area contributed by atoms with E-state index in [0.717, 1.165) is 0 Å². The number of carbonyl (C=O) groups is 2. The zero-order valence-electron chi connectivity index (χ0n) is 11.7. The van der Waals surface area contributed by atoms with Crippen LogP contribution in [0.1, 0.15) is 42.6 Å². The van der Waals surface area contributed by atoms with Crippen molar-refractivity contribution in [2.75, 3.05) is 0 Å². The Hall–Kier alpha value is -1.66. The molecule has 0 saturated heterocycles. The maximum atomic E-state index is 11.4. The number of carbonyl (C=O) groups excluding carboxylic acids is 2. The van der Waals surface area contributed by atoms with Crippen LogP contribution in [0.5, 0.6) is 5.75 Å². The van der Waals surface area contributed by atoms with E-state index in [1.54, 1.807) is 19.1 Å². The fourth-order valence-electron chi connectivity index (χ4n) is 2.04. The summed E-state index contributed by atoms with van der Waals surface area (Å²) in [6, 6.07) is 4.73. The second kappa shape index (κ2) is 7.21. The Labute approximate surface area is 118 Å². The second-order valence-corrected chi connectivity index (χ2v) is 4.84. The molecule has 0 heterocycles. The third kappa shape index (κ3) is 4.18. The van der Waals surface area contributed by atoms with Crippen LogP contribution in [-0.4, -0.2) is 33.8 Å². The van der Waals surface area contributed by atoms with Gasteiger partial charge in [0.05, 0.1) is 5.56 Å². The van der Waals surface area contributed by atoms with Crippen LogP contribution in [0.25, 0.3) is 0 Å². The number of phenolic OH excluding ortho intramolecular Hbond substituents is 1. The van der Waals surface area contributed by atoms with E-state index in [1.807, 2.05) is 0 Å². The van der Waals surface area contributed by atoms with E-state index in [0.29, 0.717) is 12.0 Å². The van der Waals surface area contributed by atoms with Crippen LogP contribution in [0.2, 0.25) is 5.82 Å². The van der Waals surface area contributed by atoms with E-state index in [9.17, 15) is 24.7 Å². The quantitative estimate of drug-likeness (QED) is 0.517. The highest BCUT2D eigenvalue weighted by atomic mass is 16.4. The van der Waals surface area contributed by atoms with Gasteiger partial charge in [0.15, 0.2) is 5.78 Å². The van der Waals surface area contributed by atoms with Gasteiger partial charge in [0, 0.05) is 18.7 Å². The Morgan fingerprint density at radius 2 is 1.95 bits per heavy atom. The number of ketones is 2. The summed E-state index contributed by atoms with van der Waals surface area (Å²) in [5.74, 6) is -1.20. The normalized spacial score (nSPS) is 12.0. The number of rotatable bonds is 7. The minimum Gasteiger partial charge on any atom is -0.507 e. The summed E-state index contributed by atoms with van der Waals surface area (Å²) in [7, 11) is -1.65. The monoisotopic (exact) mass is 278 g/mol. The average molecular weight is 278 g/mol. The number of phenols is 1. The smallest absolute Gasteiger partial charge is 0.455 e. The van der Waals surface area contributed by atoms with Crippen LogP contribution in [0.15, 0.2) is 18.2 Å². The molecule has 0 bridgehead atoms. The summed E-state index contributed by atoms with van der Waals surface area (Å²) in [5, 5.41) is 28.7. The number of hydrogen-bond donors (Lipinski definition) is 3. The van der Waals surface area contributed by atoms with Crippen molar-refractivity contribution in [1.29, 1.82) is 0 Å². The molecule has 0 aliphatic rings. The van der Waals surface area contributed by atoms with Gasteiger partial charge in [-0.3, -0.25) is 9.59 Å². The minimum absolute atomic E-state index is 0.0257. The third-order valence-corrected chi connectivity index (χ3v) is 3.29. The van der Waals surface area contributed by atoms with Gasteiger partial charge in [-0.25, -0.2) is 0 Å². The number of Topliss-reactive ketones (excluding diaryl/α,β-unsaturated/α-hetero) is 2. The Balaban J connectivity index is 2.97. The van der Waals surface area contributed by atoms with Gasteiger partial charge in [0.1, 0.15) is 11.5 Å². The van der Waals surface area contributed by atoms with Crippen molar-refractivity contribution in [3.8, 4) is 5.75 Å².